The number of hydrogen-bond donors (Lipinski definition) is 2. The van der Waals surface area contributed by atoms with Gasteiger partial charge in [0.2, 0.25) is 0 Å². The number of hydrogen-bond acceptors (Lipinski definition) is 5. The number of rotatable bonds is 6. The first-order valence-corrected chi connectivity index (χ1v) is 6.91. The molecule has 18 heavy (non-hydrogen) atoms. The van der Waals surface area contributed by atoms with Crippen LogP contribution in [0.2, 0.25) is 0 Å². The summed E-state index contributed by atoms with van der Waals surface area (Å²) in [6.07, 6.45) is 6.02. The highest BCUT2D eigenvalue weighted by atomic mass is 15.4. The third-order valence-electron chi connectivity index (χ3n) is 3.85. The van der Waals surface area contributed by atoms with Crippen LogP contribution in [0.25, 0.3) is 0 Å². The lowest BCUT2D eigenvalue weighted by atomic mass is 10.2. The smallest absolute Gasteiger partial charge is 0.0962 e. The van der Waals surface area contributed by atoms with Crippen molar-refractivity contribution in [1.29, 1.82) is 0 Å². The molecule has 6 heteroatoms. The van der Waals surface area contributed by atoms with Gasteiger partial charge in [-0.25, -0.2) is 0 Å². The molecule has 1 aromatic rings. The third kappa shape index (κ3) is 2.88. The molecule has 1 unspecified atom stereocenters. The number of nitrogens with two attached hydrogens (primary N) is 1. The second-order valence-electron chi connectivity index (χ2n) is 5.34. The summed E-state index contributed by atoms with van der Waals surface area (Å²) >= 11 is 0. The van der Waals surface area contributed by atoms with Gasteiger partial charge < -0.3 is 11.1 Å². The number of nitrogens with zero attached hydrogens (tertiary/aromatic N) is 4. The Balaban J connectivity index is 1.37. The summed E-state index contributed by atoms with van der Waals surface area (Å²) in [6, 6.07) is 1.56. The molecule has 6 nitrogen and oxygen atoms in total. The minimum absolute atomic E-state index is 0.465. The maximum absolute atomic E-state index is 5.50. The molecule has 1 aliphatic carbocycles. The zero-order chi connectivity index (χ0) is 12.4. The van der Waals surface area contributed by atoms with E-state index in [1.165, 1.54) is 32.4 Å². The molecule has 2 heterocycles. The Hall–Kier alpha value is -0.980. The Morgan fingerprint density at radius 2 is 2.28 bits per heavy atom. The summed E-state index contributed by atoms with van der Waals surface area (Å²) in [5.41, 5.74) is 6.36. The summed E-state index contributed by atoms with van der Waals surface area (Å²) < 4.78 is 1.86. The first-order valence-electron chi connectivity index (χ1n) is 6.91. The molecule has 1 aliphatic heterocycles. The summed E-state index contributed by atoms with van der Waals surface area (Å²) in [5, 5.41) is 11.6. The van der Waals surface area contributed by atoms with Crippen molar-refractivity contribution < 1.29 is 0 Å². The fourth-order valence-corrected chi connectivity index (χ4v) is 2.65. The Morgan fingerprint density at radius 3 is 3.00 bits per heavy atom. The van der Waals surface area contributed by atoms with Crippen LogP contribution in [-0.4, -0.2) is 51.6 Å². The standard InChI is InChI=1S/C12H22N6/c13-7-11-9-18(16-15-11)6-4-14-10-3-5-17(8-10)12-1-2-12/h9-10,12,14H,1-8,13H2. The minimum Gasteiger partial charge on any atom is -0.325 e. The van der Waals surface area contributed by atoms with Crippen molar-refractivity contribution in [3.8, 4) is 0 Å². The topological polar surface area (TPSA) is 72.0 Å². The van der Waals surface area contributed by atoms with Gasteiger partial charge in [-0.2, -0.15) is 0 Å². The van der Waals surface area contributed by atoms with Crippen molar-refractivity contribution >= 4 is 0 Å². The van der Waals surface area contributed by atoms with Gasteiger partial charge in [0.15, 0.2) is 0 Å². The molecule has 0 aromatic carbocycles. The Labute approximate surface area is 108 Å². The number of aromatic nitrogens is 3. The van der Waals surface area contributed by atoms with Crippen LogP contribution in [0.1, 0.15) is 25.0 Å². The Morgan fingerprint density at radius 1 is 1.39 bits per heavy atom. The van der Waals surface area contributed by atoms with Gasteiger partial charge >= 0.3 is 0 Å². The van der Waals surface area contributed by atoms with E-state index in [0.717, 1.165) is 24.8 Å². The second kappa shape index (κ2) is 5.34. The monoisotopic (exact) mass is 250 g/mol. The predicted octanol–water partition coefficient (Wildman–Crippen LogP) is -0.437. The van der Waals surface area contributed by atoms with E-state index in [1.807, 2.05) is 10.9 Å². The first-order chi connectivity index (χ1) is 8.85. The first kappa shape index (κ1) is 12.1. The Kier molecular flexibility index (Phi) is 3.58. The van der Waals surface area contributed by atoms with E-state index in [0.29, 0.717) is 12.6 Å². The summed E-state index contributed by atoms with van der Waals surface area (Å²) in [4.78, 5) is 2.62. The summed E-state index contributed by atoms with van der Waals surface area (Å²) in [5.74, 6) is 0. The fourth-order valence-electron chi connectivity index (χ4n) is 2.65. The predicted molar refractivity (Wildman–Crippen MR) is 68.9 cm³/mol. The molecule has 0 bridgehead atoms. The van der Waals surface area contributed by atoms with E-state index >= 15 is 0 Å². The number of nitrogens with one attached hydrogen (secondary N) is 1. The van der Waals surface area contributed by atoms with E-state index in [4.69, 9.17) is 5.73 Å². The van der Waals surface area contributed by atoms with E-state index in [1.54, 1.807) is 0 Å². The van der Waals surface area contributed by atoms with Gasteiger partial charge in [0, 0.05) is 44.5 Å². The van der Waals surface area contributed by atoms with E-state index in [9.17, 15) is 0 Å². The zero-order valence-electron chi connectivity index (χ0n) is 10.8. The molecular formula is C12H22N6. The maximum Gasteiger partial charge on any atom is 0.0962 e. The highest BCUT2D eigenvalue weighted by Gasteiger charge is 2.33. The van der Waals surface area contributed by atoms with Crippen LogP contribution in [0, 0.1) is 0 Å². The van der Waals surface area contributed by atoms with E-state index in [-0.39, 0.29) is 0 Å². The molecule has 1 saturated carbocycles. The SMILES string of the molecule is NCc1cn(CCNC2CCN(C3CC3)C2)nn1. The van der Waals surface area contributed by atoms with Crippen molar-refractivity contribution in [3.63, 3.8) is 0 Å². The van der Waals surface area contributed by atoms with E-state index < -0.39 is 0 Å². The Bertz CT molecular complexity index is 386. The molecule has 0 radical (unpaired) electrons. The van der Waals surface area contributed by atoms with Crippen molar-refractivity contribution in [2.24, 2.45) is 5.73 Å². The molecule has 2 fully saturated rings. The lowest BCUT2D eigenvalue weighted by molar-refractivity contribution is 0.316. The van der Waals surface area contributed by atoms with Crippen molar-refractivity contribution in [2.75, 3.05) is 19.6 Å². The van der Waals surface area contributed by atoms with Gasteiger partial charge in [0.25, 0.3) is 0 Å². The van der Waals surface area contributed by atoms with Gasteiger partial charge in [0.05, 0.1) is 12.2 Å². The molecule has 3 N–H and O–H groups in total. The average Bonchev–Trinajstić information content (AvgIpc) is 2.96. The van der Waals surface area contributed by atoms with Gasteiger partial charge in [-0.1, -0.05) is 5.21 Å². The van der Waals surface area contributed by atoms with Crippen LogP contribution in [-0.2, 0) is 13.1 Å². The van der Waals surface area contributed by atoms with Crippen LogP contribution in [0.4, 0.5) is 0 Å². The molecule has 2 aliphatic rings. The fraction of sp³-hybridized carbons (Fsp3) is 0.833. The van der Waals surface area contributed by atoms with Crippen LogP contribution in [0.3, 0.4) is 0 Å². The zero-order valence-corrected chi connectivity index (χ0v) is 10.8. The van der Waals surface area contributed by atoms with Crippen LogP contribution < -0.4 is 11.1 Å². The molecule has 1 atom stereocenters. The third-order valence-corrected chi connectivity index (χ3v) is 3.85. The average molecular weight is 250 g/mol. The van der Waals surface area contributed by atoms with Crippen LogP contribution in [0.5, 0.6) is 0 Å². The van der Waals surface area contributed by atoms with Gasteiger partial charge in [-0.05, 0) is 19.3 Å². The molecule has 0 spiro atoms. The van der Waals surface area contributed by atoms with Crippen molar-refractivity contribution in [1.82, 2.24) is 25.2 Å². The van der Waals surface area contributed by atoms with E-state index in [2.05, 4.69) is 20.5 Å². The lowest BCUT2D eigenvalue weighted by Gasteiger charge is -2.15. The highest BCUT2D eigenvalue weighted by molar-refractivity contribution is 4.92. The van der Waals surface area contributed by atoms with Crippen molar-refractivity contribution in [2.45, 2.75) is 44.4 Å². The maximum atomic E-state index is 5.50. The molecule has 3 rings (SSSR count). The second-order valence-corrected chi connectivity index (χ2v) is 5.34. The molecule has 0 amide bonds. The molecule has 1 saturated heterocycles. The van der Waals surface area contributed by atoms with Crippen molar-refractivity contribution in [3.05, 3.63) is 11.9 Å². The van der Waals surface area contributed by atoms with Gasteiger partial charge in [-0.15, -0.1) is 5.10 Å². The molecular weight excluding hydrogens is 228 g/mol. The van der Waals surface area contributed by atoms with Crippen LogP contribution in [0.15, 0.2) is 6.20 Å². The summed E-state index contributed by atoms with van der Waals surface area (Å²) in [6.45, 7) is 4.77. The quantitative estimate of drug-likeness (QED) is 0.716. The normalized spacial score (nSPS) is 24.8. The largest absolute Gasteiger partial charge is 0.325 e. The number of likely N-dealkylation sites (tertiary alicyclic amines) is 1. The molecule has 100 valence electrons. The molecule has 1 aromatic heterocycles. The van der Waals surface area contributed by atoms with Gasteiger partial charge in [-0.3, -0.25) is 9.58 Å². The minimum atomic E-state index is 0.465. The summed E-state index contributed by atoms with van der Waals surface area (Å²) in [7, 11) is 0. The van der Waals surface area contributed by atoms with Crippen LogP contribution >= 0.6 is 0 Å². The highest BCUT2D eigenvalue weighted by Crippen LogP contribution is 2.29. The lowest BCUT2D eigenvalue weighted by Crippen LogP contribution is -2.35. The van der Waals surface area contributed by atoms with Gasteiger partial charge in [0.1, 0.15) is 0 Å².